The van der Waals surface area contributed by atoms with Crippen molar-refractivity contribution in [3.63, 3.8) is 0 Å². The molecule has 1 aromatic rings. The molecule has 0 aliphatic rings. The van der Waals surface area contributed by atoms with Crippen LogP contribution in [0.3, 0.4) is 0 Å². The fourth-order valence-electron chi connectivity index (χ4n) is 1.46. The van der Waals surface area contributed by atoms with Gasteiger partial charge in [-0.05, 0) is 43.5 Å². The lowest BCUT2D eigenvalue weighted by atomic mass is 10.0. The number of nitrogens with zero attached hydrogens (tertiary/aromatic N) is 3. The van der Waals surface area contributed by atoms with E-state index in [1.165, 1.54) is 6.07 Å². The van der Waals surface area contributed by atoms with Crippen LogP contribution >= 0.6 is 11.9 Å². The molecule has 0 saturated carbocycles. The second kappa shape index (κ2) is 7.17. The summed E-state index contributed by atoms with van der Waals surface area (Å²) < 4.78 is 3.95. The van der Waals surface area contributed by atoms with Crippen molar-refractivity contribution in [3.8, 4) is 12.1 Å². The zero-order chi connectivity index (χ0) is 15.1. The van der Waals surface area contributed by atoms with Gasteiger partial charge in [-0.1, -0.05) is 0 Å². The normalized spacial score (nSPS) is 10.5. The molecule has 0 aliphatic carbocycles. The Morgan fingerprint density at radius 2 is 2.20 bits per heavy atom. The smallest absolute Gasteiger partial charge is 0.258 e. The lowest BCUT2D eigenvalue weighted by Gasteiger charge is -2.09. The molecule has 0 atom stereocenters. The molecule has 0 saturated heterocycles. The zero-order valence-corrected chi connectivity index (χ0v) is 11.9. The minimum Gasteiger partial charge on any atom is -0.398 e. The van der Waals surface area contributed by atoms with Crippen LogP contribution < -0.4 is 11.1 Å². The number of carbonyl (C=O) groups is 1. The van der Waals surface area contributed by atoms with Gasteiger partial charge in [0.05, 0.1) is 23.3 Å². The second-order valence-corrected chi connectivity index (χ2v) is 4.66. The zero-order valence-electron chi connectivity index (χ0n) is 11.1. The Bertz CT molecular complexity index is 639. The third-order valence-corrected chi connectivity index (χ3v) is 3.05. The standard InChI is InChI=1S/C13H13N5OS/c1-8-5-10(7-15)6-11(12(8)16)13(19)17-9(2)18-20-4-3-14/h5-6H,4,16H2,1-2H3,(H,17,18,19). The molecule has 3 N–H and O–H groups in total. The van der Waals surface area contributed by atoms with Crippen LogP contribution in [-0.4, -0.2) is 17.5 Å². The minimum atomic E-state index is -0.429. The van der Waals surface area contributed by atoms with Crippen LogP contribution in [0.1, 0.15) is 28.4 Å². The fourth-order valence-corrected chi connectivity index (χ4v) is 1.82. The molecule has 7 heteroatoms. The lowest BCUT2D eigenvalue weighted by Crippen LogP contribution is -2.29. The van der Waals surface area contributed by atoms with E-state index in [0.29, 0.717) is 22.6 Å². The number of amides is 1. The Balaban J connectivity index is 2.94. The van der Waals surface area contributed by atoms with Crippen LogP contribution in [0.25, 0.3) is 0 Å². The Morgan fingerprint density at radius 1 is 1.50 bits per heavy atom. The van der Waals surface area contributed by atoms with E-state index in [4.69, 9.17) is 16.3 Å². The van der Waals surface area contributed by atoms with E-state index in [1.54, 1.807) is 19.9 Å². The Labute approximate surface area is 121 Å². The number of hydrogen-bond donors (Lipinski definition) is 2. The van der Waals surface area contributed by atoms with Crippen molar-refractivity contribution in [2.75, 3.05) is 11.5 Å². The Hall–Kier alpha value is -2.51. The summed E-state index contributed by atoms with van der Waals surface area (Å²) in [7, 11) is 0. The van der Waals surface area contributed by atoms with Gasteiger partial charge in [0.25, 0.3) is 5.91 Å². The van der Waals surface area contributed by atoms with Gasteiger partial charge in [0.1, 0.15) is 11.6 Å². The summed E-state index contributed by atoms with van der Waals surface area (Å²) in [6.45, 7) is 3.34. The second-order valence-electron chi connectivity index (χ2n) is 3.93. The van der Waals surface area contributed by atoms with Crippen molar-refractivity contribution in [2.24, 2.45) is 4.40 Å². The number of nitrogen functional groups attached to an aromatic ring is 1. The molecule has 0 unspecified atom stereocenters. The molecule has 1 aromatic carbocycles. The van der Waals surface area contributed by atoms with Gasteiger partial charge in [-0.15, -0.1) is 0 Å². The van der Waals surface area contributed by atoms with E-state index >= 15 is 0 Å². The quantitative estimate of drug-likeness (QED) is 0.289. The number of carbonyl (C=O) groups excluding carboxylic acids is 1. The number of aryl methyl sites for hydroxylation is 1. The van der Waals surface area contributed by atoms with E-state index in [1.807, 2.05) is 12.1 Å². The molecule has 0 aliphatic heterocycles. The summed E-state index contributed by atoms with van der Waals surface area (Å²) in [5.41, 5.74) is 7.46. The summed E-state index contributed by atoms with van der Waals surface area (Å²) in [5.74, 6) is 0.148. The number of hydrogen-bond acceptors (Lipinski definition) is 6. The van der Waals surface area contributed by atoms with E-state index in [0.717, 1.165) is 11.9 Å². The third-order valence-electron chi connectivity index (χ3n) is 2.39. The molecular formula is C13H13N5OS. The predicted molar refractivity (Wildman–Crippen MR) is 79.0 cm³/mol. The van der Waals surface area contributed by atoms with Crippen molar-refractivity contribution < 1.29 is 4.79 Å². The van der Waals surface area contributed by atoms with E-state index in [-0.39, 0.29) is 11.3 Å². The van der Waals surface area contributed by atoms with Gasteiger partial charge in [0.2, 0.25) is 0 Å². The van der Waals surface area contributed by atoms with Crippen LogP contribution in [0.5, 0.6) is 0 Å². The molecule has 0 bridgehead atoms. The molecule has 1 rings (SSSR count). The number of benzene rings is 1. The number of rotatable bonds is 3. The molecule has 0 heterocycles. The van der Waals surface area contributed by atoms with Crippen LogP contribution in [0.15, 0.2) is 16.5 Å². The largest absolute Gasteiger partial charge is 0.398 e. The average molecular weight is 287 g/mol. The van der Waals surface area contributed by atoms with E-state index in [9.17, 15) is 4.79 Å². The highest BCUT2D eigenvalue weighted by atomic mass is 32.2. The summed E-state index contributed by atoms with van der Waals surface area (Å²) in [4.78, 5) is 12.1. The van der Waals surface area contributed by atoms with Gasteiger partial charge in [-0.25, -0.2) is 4.40 Å². The number of anilines is 1. The van der Waals surface area contributed by atoms with Gasteiger partial charge in [0, 0.05) is 5.69 Å². The summed E-state index contributed by atoms with van der Waals surface area (Å²) >= 11 is 1.04. The first-order valence-electron chi connectivity index (χ1n) is 5.64. The van der Waals surface area contributed by atoms with Crippen molar-refractivity contribution >= 4 is 29.4 Å². The minimum absolute atomic E-state index is 0.207. The highest BCUT2D eigenvalue weighted by Crippen LogP contribution is 2.19. The molecule has 1 amide bonds. The van der Waals surface area contributed by atoms with Crippen molar-refractivity contribution in [3.05, 3.63) is 28.8 Å². The Morgan fingerprint density at radius 3 is 2.80 bits per heavy atom. The maximum absolute atomic E-state index is 12.1. The van der Waals surface area contributed by atoms with Crippen LogP contribution in [0, 0.1) is 29.6 Å². The van der Waals surface area contributed by atoms with Crippen LogP contribution in [0.4, 0.5) is 5.69 Å². The first kappa shape index (κ1) is 15.5. The van der Waals surface area contributed by atoms with Crippen LogP contribution in [-0.2, 0) is 0 Å². The van der Waals surface area contributed by atoms with Gasteiger partial charge in [-0.3, -0.25) is 4.79 Å². The molecule has 0 spiro atoms. The fraction of sp³-hybridized carbons (Fsp3) is 0.231. The maximum atomic E-state index is 12.1. The predicted octanol–water partition coefficient (Wildman–Crippen LogP) is 1.77. The van der Waals surface area contributed by atoms with E-state index in [2.05, 4.69) is 9.71 Å². The Kier molecular flexibility index (Phi) is 5.57. The molecule has 20 heavy (non-hydrogen) atoms. The van der Waals surface area contributed by atoms with Gasteiger partial charge < -0.3 is 11.1 Å². The van der Waals surface area contributed by atoms with Crippen molar-refractivity contribution in [1.82, 2.24) is 5.32 Å². The first-order chi connectivity index (χ1) is 9.49. The number of nitrogens with one attached hydrogen (secondary N) is 1. The summed E-state index contributed by atoms with van der Waals surface area (Å²) in [6, 6.07) is 6.97. The van der Waals surface area contributed by atoms with Gasteiger partial charge >= 0.3 is 0 Å². The molecule has 6 nitrogen and oxygen atoms in total. The van der Waals surface area contributed by atoms with Crippen molar-refractivity contribution in [1.29, 1.82) is 10.5 Å². The lowest BCUT2D eigenvalue weighted by molar-refractivity contribution is 0.0977. The van der Waals surface area contributed by atoms with Gasteiger partial charge in [0.15, 0.2) is 0 Å². The monoisotopic (exact) mass is 287 g/mol. The molecule has 102 valence electrons. The summed E-state index contributed by atoms with van der Waals surface area (Å²) in [6.07, 6.45) is 0. The first-order valence-corrected chi connectivity index (χ1v) is 6.59. The van der Waals surface area contributed by atoms with Crippen molar-refractivity contribution in [2.45, 2.75) is 13.8 Å². The molecular weight excluding hydrogens is 274 g/mol. The SMILES string of the molecule is C/C(=N\SCC#N)NC(=O)c1cc(C#N)cc(C)c1N. The summed E-state index contributed by atoms with van der Waals surface area (Å²) in [5, 5.41) is 19.9. The molecule has 0 aromatic heterocycles. The van der Waals surface area contributed by atoms with Gasteiger partial charge in [-0.2, -0.15) is 10.5 Å². The number of nitrogens with two attached hydrogens (primary N) is 1. The number of nitriles is 2. The highest BCUT2D eigenvalue weighted by molar-refractivity contribution is 7.98. The maximum Gasteiger partial charge on any atom is 0.258 e. The topological polar surface area (TPSA) is 115 Å². The molecule has 0 radical (unpaired) electrons. The van der Waals surface area contributed by atoms with E-state index < -0.39 is 5.91 Å². The average Bonchev–Trinajstić information content (AvgIpc) is 2.41. The molecule has 0 fully saturated rings. The third kappa shape index (κ3) is 4.01. The highest BCUT2D eigenvalue weighted by Gasteiger charge is 2.13. The van der Waals surface area contributed by atoms with Crippen LogP contribution in [0.2, 0.25) is 0 Å². The number of amidine groups is 1.